The molecule has 154 valence electrons. The number of nitrogen functional groups attached to an aromatic ring is 1. The molecular formula is C20H22Cl2FN5O. The van der Waals surface area contributed by atoms with E-state index in [1.807, 2.05) is 0 Å². The summed E-state index contributed by atoms with van der Waals surface area (Å²) in [7, 11) is 0. The summed E-state index contributed by atoms with van der Waals surface area (Å²) >= 11 is 0. The second kappa shape index (κ2) is 9.71. The third-order valence-corrected chi connectivity index (χ3v) is 4.73. The van der Waals surface area contributed by atoms with Gasteiger partial charge < -0.3 is 15.6 Å². The molecule has 1 amide bonds. The van der Waals surface area contributed by atoms with Gasteiger partial charge in [-0.15, -0.1) is 35.0 Å². The molecule has 3 N–H and O–H groups in total. The minimum atomic E-state index is -0.508. The normalized spacial score (nSPS) is 12.7. The molecule has 2 aromatic carbocycles. The molecule has 4 rings (SSSR count). The highest BCUT2D eigenvalue weighted by atomic mass is 35.5. The van der Waals surface area contributed by atoms with E-state index < -0.39 is 11.7 Å². The van der Waals surface area contributed by atoms with Gasteiger partial charge >= 0.3 is 0 Å². The van der Waals surface area contributed by atoms with Gasteiger partial charge in [0, 0.05) is 29.8 Å². The van der Waals surface area contributed by atoms with E-state index in [2.05, 4.69) is 20.1 Å². The lowest BCUT2D eigenvalue weighted by Gasteiger charge is -2.11. The zero-order valence-corrected chi connectivity index (χ0v) is 17.2. The summed E-state index contributed by atoms with van der Waals surface area (Å²) in [4.78, 5) is 12.4. The van der Waals surface area contributed by atoms with Crippen molar-refractivity contribution >= 4 is 42.1 Å². The fourth-order valence-corrected chi connectivity index (χ4v) is 3.33. The van der Waals surface area contributed by atoms with Gasteiger partial charge in [0.05, 0.1) is 5.69 Å². The van der Waals surface area contributed by atoms with Crippen molar-refractivity contribution < 1.29 is 9.18 Å². The number of fused-ring (bicyclic) bond motifs is 1. The molecule has 0 spiro atoms. The summed E-state index contributed by atoms with van der Waals surface area (Å²) in [6.07, 6.45) is 4.22. The minimum Gasteiger partial charge on any atom is -0.399 e. The molecule has 2 heterocycles. The van der Waals surface area contributed by atoms with Gasteiger partial charge in [0.25, 0.3) is 5.91 Å². The quantitative estimate of drug-likeness (QED) is 0.590. The highest BCUT2D eigenvalue weighted by Gasteiger charge is 2.18. The smallest absolute Gasteiger partial charge is 0.255 e. The van der Waals surface area contributed by atoms with Crippen LogP contribution in [0.15, 0.2) is 42.5 Å². The van der Waals surface area contributed by atoms with E-state index in [1.165, 1.54) is 6.07 Å². The Morgan fingerprint density at radius 1 is 1.07 bits per heavy atom. The van der Waals surface area contributed by atoms with E-state index in [4.69, 9.17) is 5.73 Å². The Hall–Kier alpha value is -2.64. The first kappa shape index (κ1) is 22.6. The lowest BCUT2D eigenvalue weighted by molar-refractivity contribution is 0.102. The Morgan fingerprint density at radius 3 is 2.69 bits per heavy atom. The van der Waals surface area contributed by atoms with Crippen molar-refractivity contribution in [3.8, 4) is 11.4 Å². The summed E-state index contributed by atoms with van der Waals surface area (Å²) in [5.74, 6) is 0.730. The van der Waals surface area contributed by atoms with Gasteiger partial charge in [-0.25, -0.2) is 4.39 Å². The van der Waals surface area contributed by atoms with Crippen LogP contribution in [0.3, 0.4) is 0 Å². The lowest BCUT2D eigenvalue weighted by Crippen LogP contribution is -2.13. The zero-order valence-electron chi connectivity index (χ0n) is 15.6. The molecular weight excluding hydrogens is 416 g/mol. The van der Waals surface area contributed by atoms with Gasteiger partial charge in [0.2, 0.25) is 0 Å². The minimum absolute atomic E-state index is 0. The molecule has 0 saturated carbocycles. The zero-order chi connectivity index (χ0) is 18.8. The fraction of sp³-hybridized carbons (Fsp3) is 0.250. The Bertz CT molecular complexity index is 1010. The third kappa shape index (κ3) is 4.86. The standard InChI is InChI=1S/C20H20FN5O.2ClH/c21-16-9-8-13(19-25-24-18-7-2-1-3-10-26(18)19)12-17(16)23-20(27)14-5-4-6-15(22)11-14;;/h4-6,8-9,11-12H,1-3,7,10,22H2,(H,23,27);2*1H. The number of rotatable bonds is 3. The number of aryl methyl sites for hydroxylation is 1. The molecule has 0 unspecified atom stereocenters. The van der Waals surface area contributed by atoms with Crippen LogP contribution in [0.1, 0.15) is 35.4 Å². The molecule has 1 aliphatic heterocycles. The molecule has 0 saturated heterocycles. The predicted octanol–water partition coefficient (Wildman–Crippen LogP) is 4.49. The molecule has 0 bridgehead atoms. The molecule has 0 aliphatic carbocycles. The first-order chi connectivity index (χ1) is 13.1. The molecule has 0 atom stereocenters. The van der Waals surface area contributed by atoms with E-state index in [1.54, 1.807) is 36.4 Å². The molecule has 0 fully saturated rings. The number of benzene rings is 2. The molecule has 1 aliphatic rings. The first-order valence-corrected chi connectivity index (χ1v) is 9.01. The Labute approximate surface area is 180 Å². The maximum absolute atomic E-state index is 14.3. The summed E-state index contributed by atoms with van der Waals surface area (Å²) in [6.45, 7) is 0.847. The summed E-state index contributed by atoms with van der Waals surface area (Å²) in [5.41, 5.74) is 7.38. The van der Waals surface area contributed by atoms with E-state index >= 15 is 0 Å². The van der Waals surface area contributed by atoms with Crippen LogP contribution in [0.2, 0.25) is 0 Å². The SMILES string of the molecule is Cl.Cl.Nc1cccc(C(=O)Nc2cc(-c3nnc4n3CCCCC4)ccc2F)c1. The molecule has 1 aromatic heterocycles. The van der Waals surface area contributed by atoms with Crippen molar-refractivity contribution in [2.24, 2.45) is 0 Å². The molecule has 9 heteroatoms. The van der Waals surface area contributed by atoms with Gasteiger partial charge in [0.1, 0.15) is 11.6 Å². The molecule has 29 heavy (non-hydrogen) atoms. The number of nitrogens with one attached hydrogen (secondary N) is 1. The highest BCUT2D eigenvalue weighted by Crippen LogP contribution is 2.27. The van der Waals surface area contributed by atoms with E-state index in [0.717, 1.165) is 43.6 Å². The van der Waals surface area contributed by atoms with Crippen LogP contribution in [0, 0.1) is 5.82 Å². The number of anilines is 2. The number of nitrogens with two attached hydrogens (primary N) is 1. The van der Waals surface area contributed by atoms with Crippen LogP contribution in [0.4, 0.5) is 15.8 Å². The number of hydrogen-bond acceptors (Lipinski definition) is 4. The van der Waals surface area contributed by atoms with Crippen molar-refractivity contribution in [2.45, 2.75) is 32.2 Å². The Balaban J connectivity index is 0.00000150. The average Bonchev–Trinajstić information content (AvgIpc) is 2.91. The molecule has 6 nitrogen and oxygen atoms in total. The lowest BCUT2D eigenvalue weighted by atomic mass is 10.1. The van der Waals surface area contributed by atoms with Crippen LogP contribution >= 0.6 is 24.8 Å². The van der Waals surface area contributed by atoms with Crippen molar-refractivity contribution in [3.63, 3.8) is 0 Å². The second-order valence-corrected chi connectivity index (χ2v) is 6.68. The van der Waals surface area contributed by atoms with Gasteiger partial charge in [-0.05, 0) is 49.2 Å². The third-order valence-electron chi connectivity index (χ3n) is 4.73. The van der Waals surface area contributed by atoms with Crippen molar-refractivity contribution in [3.05, 3.63) is 59.7 Å². The number of nitrogens with zero attached hydrogens (tertiary/aromatic N) is 3. The van der Waals surface area contributed by atoms with Gasteiger partial charge in [0.15, 0.2) is 5.82 Å². The van der Waals surface area contributed by atoms with Crippen LogP contribution < -0.4 is 11.1 Å². The monoisotopic (exact) mass is 437 g/mol. The topological polar surface area (TPSA) is 85.8 Å². The number of carbonyl (C=O) groups excluding carboxylic acids is 1. The van der Waals surface area contributed by atoms with Crippen LogP contribution in [-0.2, 0) is 13.0 Å². The summed E-state index contributed by atoms with van der Waals surface area (Å²) < 4.78 is 16.4. The Morgan fingerprint density at radius 2 is 1.90 bits per heavy atom. The van der Waals surface area contributed by atoms with E-state index in [0.29, 0.717) is 17.1 Å². The molecule has 3 aromatic rings. The van der Waals surface area contributed by atoms with Gasteiger partial charge in [-0.2, -0.15) is 0 Å². The maximum Gasteiger partial charge on any atom is 0.255 e. The number of halogens is 3. The van der Waals surface area contributed by atoms with Crippen molar-refractivity contribution in [1.82, 2.24) is 14.8 Å². The maximum atomic E-state index is 14.3. The predicted molar refractivity (Wildman–Crippen MR) is 116 cm³/mol. The van der Waals surface area contributed by atoms with E-state index in [-0.39, 0.29) is 30.5 Å². The second-order valence-electron chi connectivity index (χ2n) is 6.68. The number of carbonyl (C=O) groups is 1. The van der Waals surface area contributed by atoms with Gasteiger partial charge in [-0.1, -0.05) is 12.5 Å². The Kier molecular flexibility index (Phi) is 7.59. The summed E-state index contributed by atoms with van der Waals surface area (Å²) in [5, 5.41) is 11.2. The number of amides is 1. The molecule has 0 radical (unpaired) electrons. The van der Waals surface area contributed by atoms with Crippen molar-refractivity contribution in [1.29, 1.82) is 0 Å². The number of hydrogen-bond donors (Lipinski definition) is 2. The fourth-order valence-electron chi connectivity index (χ4n) is 3.33. The summed E-state index contributed by atoms with van der Waals surface area (Å²) in [6, 6.07) is 11.1. The van der Waals surface area contributed by atoms with Crippen LogP contribution in [0.5, 0.6) is 0 Å². The highest BCUT2D eigenvalue weighted by molar-refractivity contribution is 6.05. The van der Waals surface area contributed by atoms with Crippen molar-refractivity contribution in [2.75, 3.05) is 11.1 Å². The largest absolute Gasteiger partial charge is 0.399 e. The number of aromatic nitrogens is 3. The van der Waals surface area contributed by atoms with Gasteiger partial charge in [-0.3, -0.25) is 4.79 Å². The average molecular weight is 438 g/mol. The van der Waals surface area contributed by atoms with E-state index in [9.17, 15) is 9.18 Å². The van der Waals surface area contributed by atoms with Crippen LogP contribution in [0.25, 0.3) is 11.4 Å². The van der Waals surface area contributed by atoms with Crippen LogP contribution in [-0.4, -0.2) is 20.7 Å². The first-order valence-electron chi connectivity index (χ1n) is 9.01.